The number of amides is 2. The van der Waals surface area contributed by atoms with Crippen LogP contribution in [0.3, 0.4) is 0 Å². The molecular weight excluding hydrogens is 218 g/mol. The number of likely N-dealkylation sites (tertiary alicyclic amines) is 1. The van der Waals surface area contributed by atoms with E-state index >= 15 is 0 Å². The molecule has 1 heterocycles. The third-order valence-electron chi connectivity index (χ3n) is 3.60. The fraction of sp³-hybridized carbons (Fsp3) is 0.917. The minimum Gasteiger partial charge on any atom is -0.393 e. The molecule has 0 saturated carbocycles. The quantitative estimate of drug-likeness (QED) is 0.668. The van der Waals surface area contributed by atoms with Gasteiger partial charge < -0.3 is 21.1 Å². The fourth-order valence-corrected chi connectivity index (χ4v) is 2.38. The number of aliphatic hydroxyl groups excluding tert-OH is 1. The molecule has 0 aromatic rings. The molecule has 0 aromatic carbocycles. The average Bonchev–Trinajstić information content (AvgIpc) is 2.28. The van der Waals surface area contributed by atoms with Crippen molar-refractivity contribution in [2.75, 3.05) is 20.1 Å². The Hall–Kier alpha value is -0.810. The molecule has 3 unspecified atom stereocenters. The standard InChI is InChI=1S/C12H25N3O2/c1-8(2)11(16)5-9-4-10(14-3)7-15(6-9)12(13)17/h8-11,14,16H,4-7H2,1-3H3,(H2,13,17). The number of nitrogens with zero attached hydrogens (tertiary/aromatic N) is 1. The molecule has 2 amide bonds. The van der Waals surface area contributed by atoms with Crippen molar-refractivity contribution in [2.24, 2.45) is 17.6 Å². The third kappa shape index (κ3) is 4.16. The van der Waals surface area contributed by atoms with Crippen LogP contribution in [0.4, 0.5) is 4.79 Å². The van der Waals surface area contributed by atoms with Gasteiger partial charge in [0, 0.05) is 19.1 Å². The molecule has 0 spiro atoms. The van der Waals surface area contributed by atoms with Crippen LogP contribution in [0.15, 0.2) is 0 Å². The fourth-order valence-electron chi connectivity index (χ4n) is 2.38. The summed E-state index contributed by atoms with van der Waals surface area (Å²) in [5, 5.41) is 13.1. The number of piperidine rings is 1. The van der Waals surface area contributed by atoms with Crippen LogP contribution in [0, 0.1) is 11.8 Å². The first-order chi connectivity index (χ1) is 7.93. The van der Waals surface area contributed by atoms with Crippen LogP contribution in [0.5, 0.6) is 0 Å². The average molecular weight is 243 g/mol. The smallest absolute Gasteiger partial charge is 0.314 e. The molecule has 3 atom stereocenters. The molecule has 0 bridgehead atoms. The molecule has 5 heteroatoms. The lowest BCUT2D eigenvalue weighted by molar-refractivity contribution is 0.0711. The Labute approximate surface area is 103 Å². The minimum absolute atomic E-state index is 0.256. The summed E-state index contributed by atoms with van der Waals surface area (Å²) in [5.41, 5.74) is 5.33. The first-order valence-corrected chi connectivity index (χ1v) is 6.33. The molecule has 1 rings (SSSR count). The number of carbonyl (C=O) groups is 1. The number of urea groups is 1. The van der Waals surface area contributed by atoms with Gasteiger partial charge in [-0.3, -0.25) is 0 Å². The van der Waals surface area contributed by atoms with E-state index in [9.17, 15) is 9.90 Å². The minimum atomic E-state index is -0.367. The van der Waals surface area contributed by atoms with Gasteiger partial charge in [-0.2, -0.15) is 0 Å². The first kappa shape index (κ1) is 14.3. The van der Waals surface area contributed by atoms with Crippen LogP contribution in [-0.2, 0) is 0 Å². The van der Waals surface area contributed by atoms with Crippen LogP contribution in [0.25, 0.3) is 0 Å². The van der Waals surface area contributed by atoms with E-state index in [1.54, 1.807) is 4.90 Å². The molecule has 17 heavy (non-hydrogen) atoms. The Morgan fingerprint density at radius 1 is 1.53 bits per heavy atom. The summed E-state index contributed by atoms with van der Waals surface area (Å²) < 4.78 is 0. The molecule has 1 aliphatic heterocycles. The van der Waals surface area contributed by atoms with Gasteiger partial charge in [-0.1, -0.05) is 13.8 Å². The lowest BCUT2D eigenvalue weighted by Gasteiger charge is -2.38. The van der Waals surface area contributed by atoms with Gasteiger partial charge in [0.05, 0.1) is 6.10 Å². The Morgan fingerprint density at radius 2 is 2.18 bits per heavy atom. The van der Waals surface area contributed by atoms with E-state index in [1.165, 1.54) is 0 Å². The third-order valence-corrected chi connectivity index (χ3v) is 3.60. The maximum atomic E-state index is 11.2. The van der Waals surface area contributed by atoms with Crippen molar-refractivity contribution in [3.63, 3.8) is 0 Å². The largest absolute Gasteiger partial charge is 0.393 e. The predicted molar refractivity (Wildman–Crippen MR) is 67.6 cm³/mol. The summed E-state index contributed by atoms with van der Waals surface area (Å²) in [6.07, 6.45) is 1.43. The van der Waals surface area contributed by atoms with Gasteiger partial charge in [0.1, 0.15) is 0 Å². The van der Waals surface area contributed by atoms with Gasteiger partial charge in [0.2, 0.25) is 0 Å². The van der Waals surface area contributed by atoms with Gasteiger partial charge in [0.15, 0.2) is 0 Å². The number of hydrogen-bond acceptors (Lipinski definition) is 3. The van der Waals surface area contributed by atoms with Crippen LogP contribution < -0.4 is 11.1 Å². The maximum absolute atomic E-state index is 11.2. The van der Waals surface area contributed by atoms with E-state index in [0.717, 1.165) is 12.8 Å². The number of likely N-dealkylation sites (N-methyl/N-ethyl adjacent to an activating group) is 1. The molecule has 0 aliphatic carbocycles. The Balaban J connectivity index is 2.56. The number of rotatable bonds is 4. The highest BCUT2D eigenvalue weighted by Gasteiger charge is 2.29. The van der Waals surface area contributed by atoms with Crippen molar-refractivity contribution in [3.05, 3.63) is 0 Å². The number of aliphatic hydroxyl groups is 1. The van der Waals surface area contributed by atoms with Crippen LogP contribution in [0.2, 0.25) is 0 Å². The van der Waals surface area contributed by atoms with E-state index in [-0.39, 0.29) is 24.1 Å². The highest BCUT2D eigenvalue weighted by atomic mass is 16.3. The number of hydrogen-bond donors (Lipinski definition) is 3. The highest BCUT2D eigenvalue weighted by molar-refractivity contribution is 5.72. The van der Waals surface area contributed by atoms with E-state index in [2.05, 4.69) is 5.32 Å². The Kier molecular flexibility index (Phi) is 5.21. The normalized spacial score (nSPS) is 27.2. The van der Waals surface area contributed by atoms with E-state index < -0.39 is 0 Å². The van der Waals surface area contributed by atoms with Crippen LogP contribution >= 0.6 is 0 Å². The van der Waals surface area contributed by atoms with Crippen molar-refractivity contribution in [1.29, 1.82) is 0 Å². The van der Waals surface area contributed by atoms with Crippen LogP contribution in [0.1, 0.15) is 26.7 Å². The van der Waals surface area contributed by atoms with Gasteiger partial charge in [-0.05, 0) is 31.7 Å². The molecule has 5 nitrogen and oxygen atoms in total. The summed E-state index contributed by atoms with van der Waals surface area (Å²) in [6.45, 7) is 5.35. The molecule has 0 radical (unpaired) electrons. The van der Waals surface area contributed by atoms with Crippen molar-refractivity contribution in [2.45, 2.75) is 38.8 Å². The zero-order chi connectivity index (χ0) is 13.0. The molecule has 4 N–H and O–H groups in total. The topological polar surface area (TPSA) is 78.6 Å². The van der Waals surface area contributed by atoms with Gasteiger partial charge >= 0.3 is 6.03 Å². The van der Waals surface area contributed by atoms with E-state index in [1.807, 2.05) is 20.9 Å². The molecule has 1 saturated heterocycles. The second-order valence-electron chi connectivity index (χ2n) is 5.38. The number of nitrogens with two attached hydrogens (primary N) is 1. The SMILES string of the molecule is CNC1CC(CC(O)C(C)C)CN(C(N)=O)C1. The maximum Gasteiger partial charge on any atom is 0.314 e. The molecule has 100 valence electrons. The summed E-state index contributed by atoms with van der Waals surface area (Å²) in [7, 11) is 1.89. The monoisotopic (exact) mass is 243 g/mol. The Bertz CT molecular complexity index is 258. The number of carbonyl (C=O) groups excluding carboxylic acids is 1. The molecule has 1 aliphatic rings. The second-order valence-corrected chi connectivity index (χ2v) is 5.38. The molecule has 0 aromatic heterocycles. The molecule has 1 fully saturated rings. The predicted octanol–water partition coefficient (Wildman–Crippen LogP) is 0.382. The van der Waals surface area contributed by atoms with Crippen molar-refractivity contribution in [1.82, 2.24) is 10.2 Å². The van der Waals surface area contributed by atoms with Crippen molar-refractivity contribution >= 4 is 6.03 Å². The van der Waals surface area contributed by atoms with E-state index in [4.69, 9.17) is 5.73 Å². The summed E-state index contributed by atoms with van der Waals surface area (Å²) >= 11 is 0. The summed E-state index contributed by atoms with van der Waals surface area (Å²) in [5.74, 6) is 0.582. The van der Waals surface area contributed by atoms with E-state index in [0.29, 0.717) is 19.0 Å². The second kappa shape index (κ2) is 6.21. The van der Waals surface area contributed by atoms with Gasteiger partial charge in [-0.15, -0.1) is 0 Å². The van der Waals surface area contributed by atoms with Crippen molar-refractivity contribution < 1.29 is 9.90 Å². The molecular formula is C12H25N3O2. The van der Waals surface area contributed by atoms with Gasteiger partial charge in [0.25, 0.3) is 0 Å². The lowest BCUT2D eigenvalue weighted by atomic mass is 9.87. The van der Waals surface area contributed by atoms with Crippen molar-refractivity contribution in [3.8, 4) is 0 Å². The zero-order valence-electron chi connectivity index (χ0n) is 11.0. The van der Waals surface area contributed by atoms with Gasteiger partial charge in [-0.25, -0.2) is 4.79 Å². The number of nitrogens with one attached hydrogen (secondary N) is 1. The van der Waals surface area contributed by atoms with Crippen LogP contribution in [-0.4, -0.2) is 48.3 Å². The highest BCUT2D eigenvalue weighted by Crippen LogP contribution is 2.23. The first-order valence-electron chi connectivity index (χ1n) is 6.33. The zero-order valence-corrected chi connectivity index (χ0v) is 11.0. The lowest BCUT2D eigenvalue weighted by Crippen LogP contribution is -2.52. The summed E-state index contributed by atoms with van der Waals surface area (Å²) in [6, 6.07) is -0.0883. The number of primary amides is 1. The summed E-state index contributed by atoms with van der Waals surface area (Å²) in [4.78, 5) is 12.9. The Morgan fingerprint density at radius 3 is 2.65 bits per heavy atom.